The lowest BCUT2D eigenvalue weighted by molar-refractivity contribution is -0.137. The Morgan fingerprint density at radius 2 is 2.28 bits per heavy atom. The van der Waals surface area contributed by atoms with Gasteiger partial charge in [0.15, 0.2) is 5.82 Å². The van der Waals surface area contributed by atoms with Crippen LogP contribution in [0.4, 0.5) is 0 Å². The van der Waals surface area contributed by atoms with Gasteiger partial charge in [-0.05, 0) is 47.7 Å². The summed E-state index contributed by atoms with van der Waals surface area (Å²) in [4.78, 5) is 13.1. The molecule has 0 unspecified atom stereocenters. The van der Waals surface area contributed by atoms with Crippen molar-refractivity contribution in [1.82, 2.24) is 20.2 Å². The van der Waals surface area contributed by atoms with E-state index in [1.165, 1.54) is 28.0 Å². The fourth-order valence-electron chi connectivity index (χ4n) is 2.22. The number of carboxylic acids is 1. The van der Waals surface area contributed by atoms with Crippen LogP contribution in [0, 0.1) is 0 Å². The van der Waals surface area contributed by atoms with Crippen LogP contribution in [-0.4, -0.2) is 31.3 Å². The van der Waals surface area contributed by atoms with Crippen LogP contribution in [0.25, 0.3) is 10.7 Å². The molecular formula is C11H12N4O2S. The molecular weight excluding hydrogens is 252 g/mol. The largest absolute Gasteiger partial charge is 0.480 e. The average molecular weight is 264 g/mol. The highest BCUT2D eigenvalue weighted by molar-refractivity contribution is 7.15. The number of thiophene rings is 1. The zero-order chi connectivity index (χ0) is 12.5. The van der Waals surface area contributed by atoms with E-state index in [2.05, 4.69) is 21.6 Å². The Kier molecular flexibility index (Phi) is 2.83. The molecule has 0 atom stereocenters. The quantitative estimate of drug-likeness (QED) is 0.905. The first-order valence-corrected chi connectivity index (χ1v) is 6.65. The Labute approximate surface area is 107 Å². The minimum Gasteiger partial charge on any atom is -0.480 e. The second kappa shape index (κ2) is 4.49. The molecule has 0 radical (unpaired) electrons. The number of carbonyl (C=O) groups is 1. The standard InChI is InChI=1S/C11H12N4O2S/c16-10(17)6-15-11(12-13-14-15)9-5-7-3-1-2-4-8(7)18-9/h5H,1-4,6H2,(H,16,17). The summed E-state index contributed by atoms with van der Waals surface area (Å²) < 4.78 is 1.33. The van der Waals surface area contributed by atoms with E-state index in [0.717, 1.165) is 17.7 Å². The van der Waals surface area contributed by atoms with Crippen molar-refractivity contribution in [3.05, 3.63) is 16.5 Å². The molecule has 2 heterocycles. The van der Waals surface area contributed by atoms with Crippen LogP contribution in [0.3, 0.4) is 0 Å². The van der Waals surface area contributed by atoms with Gasteiger partial charge >= 0.3 is 5.97 Å². The van der Waals surface area contributed by atoms with Crippen molar-refractivity contribution in [1.29, 1.82) is 0 Å². The van der Waals surface area contributed by atoms with Gasteiger partial charge in [-0.3, -0.25) is 4.79 Å². The Morgan fingerprint density at radius 1 is 1.44 bits per heavy atom. The molecule has 2 aromatic rings. The molecule has 6 nitrogen and oxygen atoms in total. The summed E-state index contributed by atoms with van der Waals surface area (Å²) in [6, 6.07) is 2.10. The number of aliphatic carboxylic acids is 1. The van der Waals surface area contributed by atoms with Gasteiger partial charge in [-0.15, -0.1) is 16.4 Å². The number of aromatic nitrogens is 4. The lowest BCUT2D eigenvalue weighted by Crippen LogP contribution is -2.11. The summed E-state index contributed by atoms with van der Waals surface area (Å²) in [5, 5.41) is 20.0. The third-order valence-electron chi connectivity index (χ3n) is 3.03. The van der Waals surface area contributed by atoms with Crippen molar-refractivity contribution in [2.75, 3.05) is 0 Å². The molecule has 0 saturated carbocycles. The molecule has 0 fully saturated rings. The fraction of sp³-hybridized carbons (Fsp3) is 0.455. The van der Waals surface area contributed by atoms with Crippen LogP contribution in [-0.2, 0) is 24.2 Å². The average Bonchev–Trinajstić information content (AvgIpc) is 2.93. The second-order valence-electron chi connectivity index (χ2n) is 4.32. The molecule has 18 heavy (non-hydrogen) atoms. The van der Waals surface area contributed by atoms with Crippen LogP contribution >= 0.6 is 11.3 Å². The van der Waals surface area contributed by atoms with E-state index in [9.17, 15) is 4.79 Å². The third kappa shape index (κ3) is 2.01. The molecule has 2 aromatic heterocycles. The molecule has 0 bridgehead atoms. The second-order valence-corrected chi connectivity index (χ2v) is 5.46. The zero-order valence-electron chi connectivity index (χ0n) is 9.67. The van der Waals surface area contributed by atoms with Gasteiger partial charge in [-0.1, -0.05) is 0 Å². The van der Waals surface area contributed by atoms with Gasteiger partial charge < -0.3 is 5.11 Å². The molecule has 0 amide bonds. The van der Waals surface area contributed by atoms with Crippen molar-refractivity contribution >= 4 is 17.3 Å². The van der Waals surface area contributed by atoms with E-state index in [1.54, 1.807) is 11.3 Å². The first kappa shape index (κ1) is 11.3. The molecule has 1 aliphatic rings. The number of carboxylic acid groups (broad SMARTS) is 1. The summed E-state index contributed by atoms with van der Waals surface area (Å²) >= 11 is 1.68. The van der Waals surface area contributed by atoms with Crippen molar-refractivity contribution in [2.45, 2.75) is 32.2 Å². The van der Waals surface area contributed by atoms with Gasteiger partial charge in [0.2, 0.25) is 0 Å². The number of fused-ring (bicyclic) bond motifs is 1. The third-order valence-corrected chi connectivity index (χ3v) is 4.27. The zero-order valence-corrected chi connectivity index (χ0v) is 10.5. The molecule has 0 aromatic carbocycles. The van der Waals surface area contributed by atoms with Crippen molar-refractivity contribution in [3.63, 3.8) is 0 Å². The SMILES string of the molecule is O=C(O)Cn1nnnc1-c1cc2c(s1)CCCC2. The molecule has 1 aliphatic carbocycles. The molecule has 0 spiro atoms. The van der Waals surface area contributed by atoms with Crippen molar-refractivity contribution in [3.8, 4) is 10.7 Å². The first-order valence-electron chi connectivity index (χ1n) is 5.84. The van der Waals surface area contributed by atoms with E-state index in [1.807, 2.05) is 0 Å². The Bertz CT molecular complexity index is 566. The summed E-state index contributed by atoms with van der Waals surface area (Å²) in [7, 11) is 0. The van der Waals surface area contributed by atoms with Gasteiger partial charge in [-0.2, -0.15) is 0 Å². The van der Waals surface area contributed by atoms with Crippen LogP contribution < -0.4 is 0 Å². The summed E-state index contributed by atoms with van der Waals surface area (Å²) in [6.45, 7) is -0.203. The number of rotatable bonds is 3. The van der Waals surface area contributed by atoms with Crippen molar-refractivity contribution < 1.29 is 9.90 Å². The monoisotopic (exact) mass is 264 g/mol. The number of hydrogen-bond donors (Lipinski definition) is 1. The fourth-order valence-corrected chi connectivity index (χ4v) is 3.46. The number of nitrogens with zero attached hydrogens (tertiary/aromatic N) is 4. The van der Waals surface area contributed by atoms with Gasteiger partial charge in [-0.25, -0.2) is 4.68 Å². The lowest BCUT2D eigenvalue weighted by Gasteiger charge is -2.08. The lowest BCUT2D eigenvalue weighted by atomic mass is 9.99. The molecule has 94 valence electrons. The Morgan fingerprint density at radius 3 is 3.06 bits per heavy atom. The van der Waals surface area contributed by atoms with Gasteiger partial charge in [0.1, 0.15) is 6.54 Å². The predicted octanol–water partition coefficient (Wildman–Crippen LogP) is 1.36. The summed E-state index contributed by atoms with van der Waals surface area (Å²) in [5.41, 5.74) is 1.37. The molecule has 0 saturated heterocycles. The summed E-state index contributed by atoms with van der Waals surface area (Å²) in [5.74, 6) is -0.387. The topological polar surface area (TPSA) is 80.9 Å². The van der Waals surface area contributed by atoms with Gasteiger partial charge in [0.05, 0.1) is 4.88 Å². The van der Waals surface area contributed by atoms with Crippen LogP contribution in [0.1, 0.15) is 23.3 Å². The van der Waals surface area contributed by atoms with E-state index in [4.69, 9.17) is 5.11 Å². The van der Waals surface area contributed by atoms with Gasteiger partial charge in [0, 0.05) is 4.88 Å². The maximum absolute atomic E-state index is 10.7. The van der Waals surface area contributed by atoms with Crippen molar-refractivity contribution in [2.24, 2.45) is 0 Å². The molecule has 3 rings (SSSR count). The smallest absolute Gasteiger partial charge is 0.325 e. The van der Waals surface area contributed by atoms with E-state index in [-0.39, 0.29) is 6.54 Å². The molecule has 1 N–H and O–H groups in total. The minimum absolute atomic E-state index is 0.203. The maximum Gasteiger partial charge on any atom is 0.325 e. The highest BCUT2D eigenvalue weighted by Gasteiger charge is 2.18. The number of tetrazole rings is 1. The highest BCUT2D eigenvalue weighted by Crippen LogP contribution is 2.34. The Hall–Kier alpha value is -1.76. The summed E-state index contributed by atoms with van der Waals surface area (Å²) in [6.07, 6.45) is 4.67. The first-order chi connectivity index (χ1) is 8.74. The molecule has 7 heteroatoms. The number of hydrogen-bond acceptors (Lipinski definition) is 5. The van der Waals surface area contributed by atoms with E-state index in [0.29, 0.717) is 5.82 Å². The van der Waals surface area contributed by atoms with E-state index < -0.39 is 5.97 Å². The van der Waals surface area contributed by atoms with Gasteiger partial charge in [0.25, 0.3) is 0 Å². The minimum atomic E-state index is -0.940. The highest BCUT2D eigenvalue weighted by atomic mass is 32.1. The van der Waals surface area contributed by atoms with Crippen LogP contribution in [0.15, 0.2) is 6.07 Å². The Balaban J connectivity index is 1.97. The van der Waals surface area contributed by atoms with E-state index >= 15 is 0 Å². The predicted molar refractivity (Wildman–Crippen MR) is 65.4 cm³/mol. The normalized spacial score (nSPS) is 14.4. The van der Waals surface area contributed by atoms with Crippen LogP contribution in [0.2, 0.25) is 0 Å². The molecule has 0 aliphatic heterocycles. The number of aryl methyl sites for hydroxylation is 2. The maximum atomic E-state index is 10.7. The van der Waals surface area contributed by atoms with Crippen LogP contribution in [0.5, 0.6) is 0 Å².